The first-order chi connectivity index (χ1) is 12.3. The van der Waals surface area contributed by atoms with Crippen molar-refractivity contribution in [3.8, 4) is 0 Å². The molecular weight excluding hydrogens is 366 g/mol. The van der Waals surface area contributed by atoms with Gasteiger partial charge in [-0.3, -0.25) is 9.59 Å². The molecule has 0 saturated heterocycles. The van der Waals surface area contributed by atoms with Crippen LogP contribution in [0.4, 0.5) is 0 Å². The molecule has 2 amide bonds. The molecule has 0 radical (unpaired) electrons. The van der Waals surface area contributed by atoms with Gasteiger partial charge in [0.15, 0.2) is 0 Å². The molecule has 0 atom stereocenters. The van der Waals surface area contributed by atoms with Gasteiger partial charge in [0.2, 0.25) is 5.91 Å². The topological polar surface area (TPSA) is 62.3 Å². The van der Waals surface area contributed by atoms with Crippen molar-refractivity contribution in [1.82, 2.24) is 15.2 Å². The highest BCUT2D eigenvalue weighted by atomic mass is 32.1. The summed E-state index contributed by atoms with van der Waals surface area (Å²) in [5.74, 6) is 0.716. The number of carbonyl (C=O) groups excluding carboxylic acids is 2. The third-order valence-electron chi connectivity index (χ3n) is 3.63. The summed E-state index contributed by atoms with van der Waals surface area (Å²) in [6.07, 6.45) is 0.414. The lowest BCUT2D eigenvalue weighted by molar-refractivity contribution is -0.131. The van der Waals surface area contributed by atoms with Gasteiger partial charge in [-0.25, -0.2) is 4.98 Å². The molecule has 2 aromatic rings. The molecule has 26 heavy (non-hydrogen) atoms. The van der Waals surface area contributed by atoms with Gasteiger partial charge in [0, 0.05) is 23.3 Å². The average molecular weight is 394 g/mol. The first kappa shape index (κ1) is 20.6. The number of thiazole rings is 1. The summed E-state index contributed by atoms with van der Waals surface area (Å²) in [6, 6.07) is 3.94. The van der Waals surface area contributed by atoms with Crippen LogP contribution in [-0.2, 0) is 17.8 Å². The van der Waals surface area contributed by atoms with Crippen molar-refractivity contribution in [2.45, 2.75) is 40.7 Å². The summed E-state index contributed by atoms with van der Waals surface area (Å²) in [5.41, 5.74) is 0.431. The second kappa shape index (κ2) is 9.83. The molecule has 0 aliphatic carbocycles. The Hall–Kier alpha value is -1.73. The van der Waals surface area contributed by atoms with Gasteiger partial charge < -0.3 is 10.2 Å². The fourth-order valence-electron chi connectivity index (χ4n) is 2.41. The minimum Gasteiger partial charge on any atom is -0.350 e. The maximum atomic E-state index is 12.7. The number of thiophene rings is 1. The third-order valence-corrected chi connectivity index (χ3v) is 5.34. The van der Waals surface area contributed by atoms with Crippen molar-refractivity contribution in [2.75, 3.05) is 13.1 Å². The Bertz CT molecular complexity index is 708. The van der Waals surface area contributed by atoms with E-state index in [9.17, 15) is 9.59 Å². The Morgan fingerprint density at radius 1 is 1.19 bits per heavy atom. The van der Waals surface area contributed by atoms with Gasteiger partial charge >= 0.3 is 0 Å². The zero-order valence-electron chi connectivity index (χ0n) is 15.8. The molecule has 0 unspecified atom stereocenters. The van der Waals surface area contributed by atoms with Crippen molar-refractivity contribution < 1.29 is 9.59 Å². The van der Waals surface area contributed by atoms with Crippen LogP contribution in [0.2, 0.25) is 0 Å². The van der Waals surface area contributed by atoms with E-state index >= 15 is 0 Å². The molecule has 0 fully saturated rings. The van der Waals surface area contributed by atoms with Crippen molar-refractivity contribution in [1.29, 1.82) is 0 Å². The van der Waals surface area contributed by atoms with Crippen LogP contribution in [0.3, 0.4) is 0 Å². The Morgan fingerprint density at radius 2 is 1.96 bits per heavy atom. The molecule has 5 nitrogen and oxygen atoms in total. The minimum atomic E-state index is -0.151. The van der Waals surface area contributed by atoms with Crippen LogP contribution in [-0.4, -0.2) is 34.8 Å². The van der Waals surface area contributed by atoms with Gasteiger partial charge in [-0.2, -0.15) is 0 Å². The number of nitrogens with zero attached hydrogens (tertiary/aromatic N) is 2. The van der Waals surface area contributed by atoms with Crippen LogP contribution in [0.5, 0.6) is 0 Å². The summed E-state index contributed by atoms with van der Waals surface area (Å²) in [7, 11) is 0. The summed E-state index contributed by atoms with van der Waals surface area (Å²) in [6.45, 7) is 10.1. The van der Waals surface area contributed by atoms with Gasteiger partial charge in [0.25, 0.3) is 5.91 Å². The van der Waals surface area contributed by atoms with E-state index in [2.05, 4.69) is 38.0 Å². The van der Waals surface area contributed by atoms with E-state index in [0.717, 1.165) is 9.88 Å². The fourth-order valence-corrected chi connectivity index (χ4v) is 3.89. The lowest BCUT2D eigenvalue weighted by Crippen LogP contribution is -2.34. The first-order valence-electron chi connectivity index (χ1n) is 8.88. The molecule has 2 heterocycles. The van der Waals surface area contributed by atoms with Crippen molar-refractivity contribution in [3.05, 3.63) is 38.5 Å². The highest BCUT2D eigenvalue weighted by Crippen LogP contribution is 2.16. The SMILES string of the molecule is CC(C)CNC(=O)c1csc(CN(CC(C)C)C(=O)Cc2cccs2)n1. The van der Waals surface area contributed by atoms with Crippen molar-refractivity contribution >= 4 is 34.5 Å². The second-order valence-electron chi connectivity index (χ2n) is 7.15. The molecule has 0 bridgehead atoms. The zero-order chi connectivity index (χ0) is 19.1. The fraction of sp³-hybridized carbons (Fsp3) is 0.526. The number of amides is 2. The van der Waals surface area contributed by atoms with E-state index in [-0.39, 0.29) is 11.8 Å². The van der Waals surface area contributed by atoms with Crippen LogP contribution in [0.15, 0.2) is 22.9 Å². The predicted molar refractivity (Wildman–Crippen MR) is 108 cm³/mol. The summed E-state index contributed by atoms with van der Waals surface area (Å²) < 4.78 is 0. The normalized spacial score (nSPS) is 11.2. The molecule has 2 aromatic heterocycles. The minimum absolute atomic E-state index is 0.0992. The van der Waals surface area contributed by atoms with Gasteiger partial charge in [-0.1, -0.05) is 33.8 Å². The largest absolute Gasteiger partial charge is 0.350 e. The van der Waals surface area contributed by atoms with Crippen LogP contribution in [0.1, 0.15) is 48.1 Å². The standard InChI is InChI=1S/C19H27N3O2S2/c1-13(2)9-20-19(24)16-12-26-17(21-16)11-22(10-14(3)4)18(23)8-15-6-5-7-25-15/h5-7,12-14H,8-11H2,1-4H3,(H,20,24). The number of carbonyl (C=O) groups is 2. The van der Waals surface area contributed by atoms with Gasteiger partial charge in [-0.05, 0) is 23.3 Å². The Labute approximate surface area is 163 Å². The quantitative estimate of drug-likeness (QED) is 0.704. The molecule has 0 spiro atoms. The van der Waals surface area contributed by atoms with E-state index in [4.69, 9.17) is 0 Å². The first-order valence-corrected chi connectivity index (χ1v) is 10.6. The number of rotatable bonds is 9. The monoisotopic (exact) mass is 393 g/mol. The molecule has 1 N–H and O–H groups in total. The van der Waals surface area contributed by atoms with E-state index in [1.54, 1.807) is 16.7 Å². The zero-order valence-corrected chi connectivity index (χ0v) is 17.5. The molecular formula is C19H27N3O2S2. The summed E-state index contributed by atoms with van der Waals surface area (Å²) >= 11 is 3.03. The number of hydrogen-bond acceptors (Lipinski definition) is 5. The highest BCUT2D eigenvalue weighted by molar-refractivity contribution is 7.10. The lowest BCUT2D eigenvalue weighted by Gasteiger charge is -2.23. The maximum Gasteiger partial charge on any atom is 0.270 e. The maximum absolute atomic E-state index is 12.7. The van der Waals surface area contributed by atoms with Crippen molar-refractivity contribution in [3.63, 3.8) is 0 Å². The van der Waals surface area contributed by atoms with Gasteiger partial charge in [0.05, 0.1) is 13.0 Å². The smallest absolute Gasteiger partial charge is 0.270 e. The van der Waals surface area contributed by atoms with Crippen LogP contribution in [0, 0.1) is 11.8 Å². The Morgan fingerprint density at radius 3 is 2.58 bits per heavy atom. The highest BCUT2D eigenvalue weighted by Gasteiger charge is 2.19. The number of hydrogen-bond donors (Lipinski definition) is 1. The molecule has 0 aromatic carbocycles. The van der Waals surface area contributed by atoms with Gasteiger partial charge in [-0.15, -0.1) is 22.7 Å². The average Bonchev–Trinajstić information content (AvgIpc) is 3.23. The number of aromatic nitrogens is 1. The molecule has 0 aliphatic rings. The lowest BCUT2D eigenvalue weighted by atomic mass is 10.2. The molecule has 0 saturated carbocycles. The molecule has 142 valence electrons. The third kappa shape index (κ3) is 6.53. The van der Waals surface area contributed by atoms with E-state index in [1.807, 2.05) is 22.4 Å². The predicted octanol–water partition coefficient (Wildman–Crippen LogP) is 3.82. The van der Waals surface area contributed by atoms with Crippen LogP contribution in [0.25, 0.3) is 0 Å². The Kier molecular flexibility index (Phi) is 7.78. The summed E-state index contributed by atoms with van der Waals surface area (Å²) in [4.78, 5) is 32.2. The van der Waals surface area contributed by atoms with E-state index < -0.39 is 0 Å². The number of nitrogens with one attached hydrogen (secondary N) is 1. The molecule has 0 aliphatic heterocycles. The van der Waals surface area contributed by atoms with Crippen LogP contribution >= 0.6 is 22.7 Å². The van der Waals surface area contributed by atoms with Gasteiger partial charge in [0.1, 0.15) is 10.7 Å². The van der Waals surface area contributed by atoms with Crippen LogP contribution < -0.4 is 5.32 Å². The van der Waals surface area contributed by atoms with E-state index in [1.165, 1.54) is 11.3 Å². The molecule has 7 heteroatoms. The molecule has 2 rings (SSSR count). The Balaban J connectivity index is 2.01. The van der Waals surface area contributed by atoms with E-state index in [0.29, 0.717) is 43.6 Å². The van der Waals surface area contributed by atoms with Crippen molar-refractivity contribution in [2.24, 2.45) is 11.8 Å². The summed E-state index contributed by atoms with van der Waals surface area (Å²) in [5, 5.41) is 7.42. The second-order valence-corrected chi connectivity index (χ2v) is 9.13.